The fourth-order valence-corrected chi connectivity index (χ4v) is 3.62. The number of fused-ring (bicyclic) bond motifs is 1. The van der Waals surface area contributed by atoms with Gasteiger partial charge in [0, 0.05) is 15.8 Å². The Balaban J connectivity index is 1.84. The summed E-state index contributed by atoms with van der Waals surface area (Å²) >= 11 is 13.7. The summed E-state index contributed by atoms with van der Waals surface area (Å²) in [6, 6.07) is 10.2. The van der Waals surface area contributed by atoms with E-state index in [0.29, 0.717) is 26.5 Å². The fourth-order valence-electron chi connectivity index (χ4n) is 2.00. The number of thioether (sulfide) groups is 1. The molecule has 1 heterocycles. The van der Waals surface area contributed by atoms with E-state index in [2.05, 4.69) is 9.97 Å². The summed E-state index contributed by atoms with van der Waals surface area (Å²) in [5.74, 6) is -0.391. The number of carbonyl (C=O) groups is 1. The van der Waals surface area contributed by atoms with Crippen molar-refractivity contribution in [2.75, 3.05) is 0 Å². The Morgan fingerprint density at radius 2 is 1.95 bits per heavy atom. The summed E-state index contributed by atoms with van der Waals surface area (Å²) in [5.41, 5.74) is 2.48. The maximum atomic E-state index is 11.0. The van der Waals surface area contributed by atoms with Gasteiger partial charge in [-0.2, -0.15) is 0 Å². The van der Waals surface area contributed by atoms with Crippen LogP contribution in [0.4, 0.5) is 0 Å². The molecule has 22 heavy (non-hydrogen) atoms. The van der Waals surface area contributed by atoms with Gasteiger partial charge in [-0.1, -0.05) is 41.0 Å². The van der Waals surface area contributed by atoms with E-state index in [1.165, 1.54) is 17.8 Å². The first-order valence-electron chi connectivity index (χ1n) is 6.33. The van der Waals surface area contributed by atoms with Crippen LogP contribution in [0.5, 0.6) is 0 Å². The Morgan fingerprint density at radius 3 is 2.64 bits per heavy atom. The topological polar surface area (TPSA) is 66.0 Å². The van der Waals surface area contributed by atoms with Crippen molar-refractivity contribution in [3.8, 4) is 0 Å². The van der Waals surface area contributed by atoms with E-state index >= 15 is 0 Å². The highest BCUT2D eigenvalue weighted by Crippen LogP contribution is 2.31. The second-order valence-electron chi connectivity index (χ2n) is 4.57. The standard InChI is InChI=1S/C15H10Cl2N2O2S/c16-10-2-1-3-11(17)9(10)7-22-15-18-12-5-4-8(14(20)21)6-13(12)19-15/h1-6H,7H2,(H,18,19)(H,20,21). The van der Waals surface area contributed by atoms with E-state index in [-0.39, 0.29) is 5.56 Å². The Morgan fingerprint density at radius 1 is 1.23 bits per heavy atom. The summed E-state index contributed by atoms with van der Waals surface area (Å²) in [6.45, 7) is 0. The zero-order chi connectivity index (χ0) is 15.7. The van der Waals surface area contributed by atoms with Gasteiger partial charge in [-0.25, -0.2) is 9.78 Å². The lowest BCUT2D eigenvalue weighted by Crippen LogP contribution is -1.94. The van der Waals surface area contributed by atoms with Crippen molar-refractivity contribution in [2.24, 2.45) is 0 Å². The molecule has 3 aromatic rings. The number of hydrogen-bond donors (Lipinski definition) is 2. The number of aromatic carboxylic acids is 1. The first-order valence-corrected chi connectivity index (χ1v) is 8.07. The molecule has 112 valence electrons. The summed E-state index contributed by atoms with van der Waals surface area (Å²) < 4.78 is 0. The van der Waals surface area contributed by atoms with Crippen molar-refractivity contribution in [1.82, 2.24) is 9.97 Å². The van der Waals surface area contributed by atoms with Gasteiger partial charge in [0.1, 0.15) is 0 Å². The molecule has 0 radical (unpaired) electrons. The predicted octanol–water partition coefficient (Wildman–Crippen LogP) is 4.86. The lowest BCUT2D eigenvalue weighted by Gasteiger charge is -2.04. The first-order chi connectivity index (χ1) is 10.5. The molecular formula is C15H10Cl2N2O2S. The van der Waals surface area contributed by atoms with Gasteiger partial charge < -0.3 is 10.1 Å². The van der Waals surface area contributed by atoms with Crippen LogP contribution in [0.2, 0.25) is 10.0 Å². The van der Waals surface area contributed by atoms with Crippen molar-refractivity contribution in [3.63, 3.8) is 0 Å². The minimum absolute atomic E-state index is 0.224. The molecule has 2 aromatic carbocycles. The quantitative estimate of drug-likeness (QED) is 0.658. The molecular weight excluding hydrogens is 343 g/mol. The SMILES string of the molecule is O=C(O)c1ccc2nc(SCc3c(Cl)cccc3Cl)[nH]c2c1. The smallest absolute Gasteiger partial charge is 0.335 e. The molecule has 1 aromatic heterocycles. The molecule has 3 rings (SSSR count). The summed E-state index contributed by atoms with van der Waals surface area (Å²) in [6.07, 6.45) is 0. The highest BCUT2D eigenvalue weighted by molar-refractivity contribution is 7.98. The average Bonchev–Trinajstić information content (AvgIpc) is 2.88. The zero-order valence-electron chi connectivity index (χ0n) is 11.1. The van der Waals surface area contributed by atoms with Crippen LogP contribution in [0, 0.1) is 0 Å². The van der Waals surface area contributed by atoms with Gasteiger partial charge in [0.15, 0.2) is 5.16 Å². The van der Waals surface area contributed by atoms with Crippen LogP contribution in [0.25, 0.3) is 11.0 Å². The van der Waals surface area contributed by atoms with E-state index in [4.69, 9.17) is 28.3 Å². The number of nitrogens with zero attached hydrogens (tertiary/aromatic N) is 1. The normalized spacial score (nSPS) is 11.0. The van der Waals surface area contributed by atoms with E-state index < -0.39 is 5.97 Å². The van der Waals surface area contributed by atoms with E-state index in [1.54, 1.807) is 30.3 Å². The highest BCUT2D eigenvalue weighted by Gasteiger charge is 2.10. The number of benzene rings is 2. The minimum Gasteiger partial charge on any atom is -0.478 e. The number of carboxylic acids is 1. The molecule has 0 bridgehead atoms. The molecule has 0 spiro atoms. The van der Waals surface area contributed by atoms with Crippen molar-refractivity contribution >= 4 is 52.0 Å². The second-order valence-corrected chi connectivity index (χ2v) is 6.35. The number of H-pyrrole nitrogens is 1. The summed E-state index contributed by atoms with van der Waals surface area (Å²) in [7, 11) is 0. The fraction of sp³-hybridized carbons (Fsp3) is 0.0667. The van der Waals surface area contributed by atoms with Crippen LogP contribution in [-0.4, -0.2) is 21.0 Å². The van der Waals surface area contributed by atoms with Gasteiger partial charge in [0.05, 0.1) is 16.6 Å². The number of imidazole rings is 1. The number of carboxylic acid groups (broad SMARTS) is 1. The number of halogens is 2. The number of nitrogens with one attached hydrogen (secondary N) is 1. The molecule has 0 aliphatic carbocycles. The molecule has 2 N–H and O–H groups in total. The number of hydrogen-bond acceptors (Lipinski definition) is 3. The molecule has 0 fully saturated rings. The minimum atomic E-state index is -0.964. The third kappa shape index (κ3) is 3.06. The second kappa shape index (κ2) is 6.20. The van der Waals surface area contributed by atoms with Crippen LogP contribution in [0.1, 0.15) is 15.9 Å². The van der Waals surface area contributed by atoms with Gasteiger partial charge in [0.2, 0.25) is 0 Å². The Hall–Kier alpha value is -1.69. The third-order valence-electron chi connectivity index (χ3n) is 3.12. The van der Waals surface area contributed by atoms with E-state index in [1.807, 2.05) is 0 Å². The molecule has 0 atom stereocenters. The van der Waals surface area contributed by atoms with Crippen LogP contribution >= 0.6 is 35.0 Å². The van der Waals surface area contributed by atoms with Crippen LogP contribution < -0.4 is 0 Å². The molecule has 4 nitrogen and oxygen atoms in total. The highest BCUT2D eigenvalue weighted by atomic mass is 35.5. The van der Waals surface area contributed by atoms with Gasteiger partial charge in [-0.3, -0.25) is 0 Å². The number of rotatable bonds is 4. The molecule has 0 aliphatic rings. The van der Waals surface area contributed by atoms with Gasteiger partial charge in [-0.05, 0) is 35.9 Å². The van der Waals surface area contributed by atoms with Crippen molar-refractivity contribution in [1.29, 1.82) is 0 Å². The van der Waals surface area contributed by atoms with Crippen molar-refractivity contribution < 1.29 is 9.90 Å². The molecule has 7 heteroatoms. The monoisotopic (exact) mass is 352 g/mol. The van der Waals surface area contributed by atoms with Crippen LogP contribution in [0.3, 0.4) is 0 Å². The predicted molar refractivity (Wildman–Crippen MR) is 89.1 cm³/mol. The van der Waals surface area contributed by atoms with Gasteiger partial charge >= 0.3 is 5.97 Å². The maximum Gasteiger partial charge on any atom is 0.335 e. The van der Waals surface area contributed by atoms with Gasteiger partial charge in [-0.15, -0.1) is 0 Å². The van der Waals surface area contributed by atoms with Crippen LogP contribution in [0.15, 0.2) is 41.6 Å². The molecule has 0 saturated carbocycles. The van der Waals surface area contributed by atoms with Crippen LogP contribution in [-0.2, 0) is 5.75 Å². The van der Waals surface area contributed by atoms with E-state index in [0.717, 1.165) is 11.1 Å². The molecule has 0 unspecified atom stereocenters. The Labute approximate surface area is 140 Å². The largest absolute Gasteiger partial charge is 0.478 e. The average molecular weight is 353 g/mol. The lowest BCUT2D eigenvalue weighted by atomic mass is 10.2. The lowest BCUT2D eigenvalue weighted by molar-refractivity contribution is 0.0697. The number of aromatic amines is 1. The number of aromatic nitrogens is 2. The molecule has 0 amide bonds. The zero-order valence-corrected chi connectivity index (χ0v) is 13.5. The molecule has 0 saturated heterocycles. The summed E-state index contributed by atoms with van der Waals surface area (Å²) in [4.78, 5) is 18.5. The van der Waals surface area contributed by atoms with E-state index in [9.17, 15) is 4.79 Å². The molecule has 0 aliphatic heterocycles. The Bertz CT molecular complexity index is 844. The van der Waals surface area contributed by atoms with Crippen molar-refractivity contribution in [3.05, 3.63) is 57.6 Å². The third-order valence-corrected chi connectivity index (χ3v) is 4.73. The maximum absolute atomic E-state index is 11.0. The Kier molecular flexibility index (Phi) is 4.29. The van der Waals surface area contributed by atoms with Gasteiger partial charge in [0.25, 0.3) is 0 Å². The summed E-state index contributed by atoms with van der Waals surface area (Å²) in [5, 5.41) is 10.9. The van der Waals surface area contributed by atoms with Crippen molar-refractivity contribution in [2.45, 2.75) is 10.9 Å². The first kappa shape index (κ1) is 15.2.